The molecule has 0 saturated carbocycles. The smallest absolute Gasteiger partial charge is 0.224 e. The van der Waals surface area contributed by atoms with Gasteiger partial charge in [0.05, 0.1) is 0 Å². The first-order valence-corrected chi connectivity index (χ1v) is 4.84. The van der Waals surface area contributed by atoms with Crippen LogP contribution in [0.3, 0.4) is 0 Å². The number of ether oxygens (including phenoxy) is 1. The van der Waals surface area contributed by atoms with Crippen molar-refractivity contribution < 1.29 is 4.74 Å². The molecule has 1 unspecified atom stereocenters. The fourth-order valence-electron chi connectivity index (χ4n) is 1.03. The van der Waals surface area contributed by atoms with E-state index in [4.69, 9.17) is 16.3 Å². The molecular weight excluding hydrogens is 202 g/mol. The Bertz CT molecular complexity index is 283. The van der Waals surface area contributed by atoms with E-state index in [1.807, 2.05) is 0 Å². The summed E-state index contributed by atoms with van der Waals surface area (Å²) in [5, 5.41) is 3.46. The average Bonchev–Trinajstić information content (AvgIpc) is 2.15. The van der Waals surface area contributed by atoms with Crippen LogP contribution in [0.1, 0.15) is 13.3 Å². The molecule has 0 bridgehead atoms. The van der Waals surface area contributed by atoms with Crippen molar-refractivity contribution in [3.63, 3.8) is 0 Å². The standard InChI is InChI=1S/C9H14ClN3O/c1-7(4-6-14-2)12-8-3-5-11-9(10)13-8/h3,5,7H,4,6H2,1-2H3,(H,11,12,13). The van der Waals surface area contributed by atoms with Crippen LogP contribution < -0.4 is 5.32 Å². The molecule has 1 aromatic heterocycles. The summed E-state index contributed by atoms with van der Waals surface area (Å²) in [7, 11) is 1.69. The van der Waals surface area contributed by atoms with E-state index >= 15 is 0 Å². The van der Waals surface area contributed by atoms with Crippen molar-refractivity contribution in [2.45, 2.75) is 19.4 Å². The molecule has 0 aromatic carbocycles. The highest BCUT2D eigenvalue weighted by atomic mass is 35.5. The third-order valence-electron chi connectivity index (χ3n) is 1.78. The first-order chi connectivity index (χ1) is 6.72. The van der Waals surface area contributed by atoms with Gasteiger partial charge in [0.1, 0.15) is 5.82 Å². The topological polar surface area (TPSA) is 47.0 Å². The third-order valence-corrected chi connectivity index (χ3v) is 1.96. The first kappa shape index (κ1) is 11.2. The fraction of sp³-hybridized carbons (Fsp3) is 0.556. The van der Waals surface area contributed by atoms with E-state index in [1.165, 1.54) is 0 Å². The lowest BCUT2D eigenvalue weighted by Gasteiger charge is -2.13. The Hall–Kier alpha value is -0.870. The Morgan fingerprint density at radius 2 is 2.43 bits per heavy atom. The van der Waals surface area contributed by atoms with Crippen LogP contribution in [-0.2, 0) is 4.74 Å². The summed E-state index contributed by atoms with van der Waals surface area (Å²) in [6, 6.07) is 2.09. The number of aromatic nitrogens is 2. The second-order valence-electron chi connectivity index (χ2n) is 3.04. The van der Waals surface area contributed by atoms with Crippen molar-refractivity contribution in [2.24, 2.45) is 0 Å². The van der Waals surface area contributed by atoms with E-state index in [2.05, 4.69) is 22.2 Å². The van der Waals surface area contributed by atoms with Crippen LogP contribution in [0.4, 0.5) is 5.82 Å². The van der Waals surface area contributed by atoms with Crippen molar-refractivity contribution in [3.05, 3.63) is 17.5 Å². The Morgan fingerprint density at radius 1 is 1.64 bits per heavy atom. The van der Waals surface area contributed by atoms with Crippen LogP contribution in [-0.4, -0.2) is 29.7 Å². The minimum Gasteiger partial charge on any atom is -0.385 e. The van der Waals surface area contributed by atoms with E-state index < -0.39 is 0 Å². The quantitative estimate of drug-likeness (QED) is 0.763. The van der Waals surface area contributed by atoms with Crippen molar-refractivity contribution in [3.8, 4) is 0 Å². The molecule has 14 heavy (non-hydrogen) atoms. The zero-order valence-electron chi connectivity index (χ0n) is 8.33. The molecule has 1 atom stereocenters. The van der Waals surface area contributed by atoms with Gasteiger partial charge < -0.3 is 10.1 Å². The number of hydrogen-bond acceptors (Lipinski definition) is 4. The normalized spacial score (nSPS) is 12.5. The molecule has 0 radical (unpaired) electrons. The van der Waals surface area contributed by atoms with Gasteiger partial charge in [0.25, 0.3) is 0 Å². The van der Waals surface area contributed by atoms with Gasteiger partial charge >= 0.3 is 0 Å². The van der Waals surface area contributed by atoms with E-state index in [9.17, 15) is 0 Å². The molecule has 0 spiro atoms. The number of anilines is 1. The lowest BCUT2D eigenvalue weighted by Crippen LogP contribution is -2.17. The monoisotopic (exact) mass is 215 g/mol. The summed E-state index contributed by atoms with van der Waals surface area (Å²) in [5.41, 5.74) is 0. The zero-order valence-corrected chi connectivity index (χ0v) is 9.08. The molecule has 78 valence electrons. The average molecular weight is 216 g/mol. The SMILES string of the molecule is COCCC(C)Nc1ccnc(Cl)n1. The minimum absolute atomic E-state index is 0.258. The van der Waals surface area contributed by atoms with Gasteiger partial charge in [-0.25, -0.2) is 9.97 Å². The van der Waals surface area contributed by atoms with Crippen LogP contribution in [0, 0.1) is 0 Å². The molecule has 0 aliphatic heterocycles. The molecule has 1 N–H and O–H groups in total. The predicted molar refractivity (Wildman–Crippen MR) is 56.6 cm³/mol. The van der Waals surface area contributed by atoms with Gasteiger partial charge in [-0.3, -0.25) is 0 Å². The predicted octanol–water partition coefficient (Wildman–Crippen LogP) is 1.97. The van der Waals surface area contributed by atoms with Gasteiger partial charge in [0.2, 0.25) is 5.28 Å². The van der Waals surface area contributed by atoms with Gasteiger partial charge in [-0.2, -0.15) is 0 Å². The molecule has 1 heterocycles. The molecule has 1 aromatic rings. The molecule has 1 rings (SSSR count). The summed E-state index contributed by atoms with van der Waals surface area (Å²) in [6.07, 6.45) is 2.55. The van der Waals surface area contributed by atoms with Gasteiger partial charge in [0.15, 0.2) is 0 Å². The Labute approximate surface area is 88.7 Å². The van der Waals surface area contributed by atoms with Gasteiger partial charge in [-0.1, -0.05) is 0 Å². The Balaban J connectivity index is 2.43. The van der Waals surface area contributed by atoms with Crippen molar-refractivity contribution in [2.75, 3.05) is 19.0 Å². The van der Waals surface area contributed by atoms with Crippen LogP contribution in [0.25, 0.3) is 0 Å². The van der Waals surface area contributed by atoms with E-state index in [0.717, 1.165) is 18.8 Å². The highest BCUT2D eigenvalue weighted by Crippen LogP contribution is 2.08. The number of nitrogens with one attached hydrogen (secondary N) is 1. The maximum absolute atomic E-state index is 5.65. The van der Waals surface area contributed by atoms with Crippen molar-refractivity contribution >= 4 is 17.4 Å². The van der Waals surface area contributed by atoms with Gasteiger partial charge in [-0.15, -0.1) is 0 Å². The molecule has 0 aliphatic carbocycles. The van der Waals surface area contributed by atoms with Crippen molar-refractivity contribution in [1.82, 2.24) is 9.97 Å². The third kappa shape index (κ3) is 3.89. The number of nitrogens with zero attached hydrogens (tertiary/aromatic N) is 2. The highest BCUT2D eigenvalue weighted by Gasteiger charge is 2.02. The minimum atomic E-state index is 0.258. The summed E-state index contributed by atoms with van der Waals surface area (Å²) in [5.74, 6) is 0.744. The second-order valence-corrected chi connectivity index (χ2v) is 3.38. The second kappa shape index (κ2) is 5.78. The fourth-order valence-corrected chi connectivity index (χ4v) is 1.18. The van der Waals surface area contributed by atoms with Gasteiger partial charge in [-0.05, 0) is 31.0 Å². The zero-order chi connectivity index (χ0) is 10.4. The molecule has 0 saturated heterocycles. The summed E-state index contributed by atoms with van der Waals surface area (Å²) in [6.45, 7) is 2.79. The maximum Gasteiger partial charge on any atom is 0.224 e. The summed E-state index contributed by atoms with van der Waals surface area (Å²) < 4.78 is 4.98. The number of hydrogen-bond donors (Lipinski definition) is 1. The van der Waals surface area contributed by atoms with Gasteiger partial charge in [0, 0.05) is 26.0 Å². The molecule has 5 heteroatoms. The number of methoxy groups -OCH3 is 1. The van der Waals surface area contributed by atoms with Crippen LogP contribution in [0.5, 0.6) is 0 Å². The summed E-state index contributed by atoms with van der Waals surface area (Å²) in [4.78, 5) is 7.82. The first-order valence-electron chi connectivity index (χ1n) is 4.46. The largest absolute Gasteiger partial charge is 0.385 e. The van der Waals surface area contributed by atoms with Crippen LogP contribution >= 0.6 is 11.6 Å². The Morgan fingerprint density at radius 3 is 3.07 bits per heavy atom. The number of rotatable bonds is 5. The molecule has 0 amide bonds. The number of halogens is 1. The van der Waals surface area contributed by atoms with Crippen molar-refractivity contribution in [1.29, 1.82) is 0 Å². The Kier molecular flexibility index (Phi) is 4.62. The summed E-state index contributed by atoms with van der Waals surface area (Å²) >= 11 is 5.65. The molecular formula is C9H14ClN3O. The van der Waals surface area contributed by atoms with E-state index in [0.29, 0.717) is 6.04 Å². The molecule has 0 fully saturated rings. The molecule has 0 aliphatic rings. The maximum atomic E-state index is 5.65. The lowest BCUT2D eigenvalue weighted by atomic mass is 10.2. The van der Waals surface area contributed by atoms with Crippen LogP contribution in [0.15, 0.2) is 12.3 Å². The van der Waals surface area contributed by atoms with Crippen LogP contribution in [0.2, 0.25) is 5.28 Å². The highest BCUT2D eigenvalue weighted by molar-refractivity contribution is 6.28. The van der Waals surface area contributed by atoms with E-state index in [-0.39, 0.29) is 5.28 Å². The lowest BCUT2D eigenvalue weighted by molar-refractivity contribution is 0.191. The molecule has 4 nitrogen and oxygen atoms in total. The van der Waals surface area contributed by atoms with E-state index in [1.54, 1.807) is 19.4 Å².